The first-order chi connectivity index (χ1) is 9.40. The van der Waals surface area contributed by atoms with E-state index in [2.05, 4.69) is 5.32 Å². The molecule has 6 nitrogen and oxygen atoms in total. The highest BCUT2D eigenvalue weighted by Crippen LogP contribution is 2.30. The summed E-state index contributed by atoms with van der Waals surface area (Å²) in [4.78, 5) is 11.7. The molecule has 0 radical (unpaired) electrons. The van der Waals surface area contributed by atoms with Crippen LogP contribution in [0.4, 0.5) is 5.69 Å². The van der Waals surface area contributed by atoms with Crippen LogP contribution in [0.5, 0.6) is 5.75 Å². The van der Waals surface area contributed by atoms with E-state index in [0.717, 1.165) is 12.8 Å². The van der Waals surface area contributed by atoms with E-state index in [1.807, 2.05) is 0 Å². The molecule has 0 heterocycles. The van der Waals surface area contributed by atoms with E-state index in [9.17, 15) is 13.2 Å². The van der Waals surface area contributed by atoms with Crippen molar-refractivity contribution in [3.8, 4) is 5.75 Å². The van der Waals surface area contributed by atoms with E-state index in [4.69, 9.17) is 9.88 Å². The molecule has 1 aliphatic rings. The van der Waals surface area contributed by atoms with Gasteiger partial charge in [-0.1, -0.05) is 6.42 Å². The molecule has 1 fully saturated rings. The van der Waals surface area contributed by atoms with E-state index >= 15 is 0 Å². The number of ether oxygens (including phenoxy) is 1. The maximum absolute atomic E-state index is 11.8. The number of carbonyl (C=O) groups is 1. The van der Waals surface area contributed by atoms with Crippen molar-refractivity contribution in [1.82, 2.24) is 0 Å². The average molecular weight is 298 g/mol. The molecule has 1 aromatic rings. The highest BCUT2D eigenvalue weighted by molar-refractivity contribution is 7.89. The average Bonchev–Trinajstić information content (AvgIpc) is 2.32. The molecule has 0 saturated heterocycles. The molecule has 0 unspecified atom stereocenters. The van der Waals surface area contributed by atoms with E-state index in [-0.39, 0.29) is 16.6 Å². The van der Waals surface area contributed by atoms with Crippen LogP contribution in [0.25, 0.3) is 0 Å². The van der Waals surface area contributed by atoms with Crippen LogP contribution in [-0.2, 0) is 14.8 Å². The van der Waals surface area contributed by atoms with E-state index in [0.29, 0.717) is 18.0 Å². The van der Waals surface area contributed by atoms with Crippen LogP contribution in [0.1, 0.15) is 25.7 Å². The van der Waals surface area contributed by atoms with Crippen LogP contribution in [0.3, 0.4) is 0 Å². The molecule has 0 aliphatic heterocycles. The highest BCUT2D eigenvalue weighted by Gasteiger charge is 2.21. The highest BCUT2D eigenvalue weighted by atomic mass is 32.2. The molecule has 1 amide bonds. The van der Waals surface area contributed by atoms with Gasteiger partial charge >= 0.3 is 0 Å². The van der Waals surface area contributed by atoms with Crippen LogP contribution < -0.4 is 15.2 Å². The Morgan fingerprint density at radius 3 is 2.65 bits per heavy atom. The Balaban J connectivity index is 2.11. The normalized spacial score (nSPS) is 15.5. The van der Waals surface area contributed by atoms with Crippen molar-refractivity contribution in [3.05, 3.63) is 18.2 Å². The molecule has 0 bridgehead atoms. The fourth-order valence-electron chi connectivity index (χ4n) is 2.15. The topological polar surface area (TPSA) is 98.5 Å². The second-order valence-electron chi connectivity index (χ2n) is 4.96. The lowest BCUT2D eigenvalue weighted by Crippen LogP contribution is -2.21. The number of benzene rings is 1. The molecular weight excluding hydrogens is 280 g/mol. The van der Waals surface area contributed by atoms with E-state index in [1.54, 1.807) is 0 Å². The van der Waals surface area contributed by atoms with Gasteiger partial charge in [-0.25, -0.2) is 13.6 Å². The molecule has 0 spiro atoms. The van der Waals surface area contributed by atoms with Crippen molar-refractivity contribution >= 4 is 21.6 Å². The Kier molecular flexibility index (Phi) is 4.29. The number of carbonyl (C=O) groups excluding carboxylic acids is 1. The zero-order valence-electron chi connectivity index (χ0n) is 11.3. The Morgan fingerprint density at radius 2 is 2.15 bits per heavy atom. The number of rotatable bonds is 5. The monoisotopic (exact) mass is 298 g/mol. The molecule has 1 aliphatic carbocycles. The summed E-state index contributed by atoms with van der Waals surface area (Å²) in [7, 11) is -2.49. The Morgan fingerprint density at radius 1 is 1.45 bits per heavy atom. The molecule has 20 heavy (non-hydrogen) atoms. The van der Waals surface area contributed by atoms with Crippen molar-refractivity contribution in [2.24, 2.45) is 11.1 Å². The van der Waals surface area contributed by atoms with Crippen LogP contribution in [0.15, 0.2) is 23.1 Å². The predicted octanol–water partition coefficient (Wildman–Crippen LogP) is 1.47. The van der Waals surface area contributed by atoms with Gasteiger partial charge in [0, 0.05) is 18.2 Å². The maximum atomic E-state index is 11.8. The minimum atomic E-state index is -3.84. The molecular formula is C13H18N2O4S. The summed E-state index contributed by atoms with van der Waals surface area (Å²) in [5.41, 5.74) is 0.499. The largest absolute Gasteiger partial charge is 0.495 e. The number of hydrogen-bond acceptors (Lipinski definition) is 4. The lowest BCUT2D eigenvalue weighted by Gasteiger charge is -2.24. The fraction of sp³-hybridized carbons (Fsp3) is 0.462. The number of hydrogen-bond donors (Lipinski definition) is 2. The third-order valence-electron chi connectivity index (χ3n) is 3.45. The molecule has 3 N–H and O–H groups in total. The molecule has 110 valence electrons. The van der Waals surface area contributed by atoms with Gasteiger partial charge in [-0.15, -0.1) is 0 Å². The van der Waals surface area contributed by atoms with Crippen LogP contribution >= 0.6 is 0 Å². The molecule has 1 aromatic carbocycles. The first-order valence-electron chi connectivity index (χ1n) is 6.41. The third-order valence-corrected chi connectivity index (χ3v) is 4.40. The Hall–Kier alpha value is -1.60. The number of nitrogens with two attached hydrogens (primary N) is 1. The minimum absolute atomic E-state index is 0.0693. The van der Waals surface area contributed by atoms with E-state index in [1.165, 1.54) is 31.7 Å². The molecule has 0 aromatic heterocycles. The van der Waals surface area contributed by atoms with Gasteiger partial charge in [0.15, 0.2) is 0 Å². The maximum Gasteiger partial charge on any atom is 0.241 e. The summed E-state index contributed by atoms with van der Waals surface area (Å²) in [6, 6.07) is 4.28. The third kappa shape index (κ3) is 3.49. The second kappa shape index (κ2) is 5.80. The minimum Gasteiger partial charge on any atom is -0.495 e. The predicted molar refractivity (Wildman–Crippen MR) is 75.0 cm³/mol. The summed E-state index contributed by atoms with van der Waals surface area (Å²) in [6.07, 6.45) is 3.89. The number of amides is 1. The van der Waals surface area contributed by atoms with Gasteiger partial charge in [-0.05, 0) is 30.9 Å². The molecule has 7 heteroatoms. The number of anilines is 1. The van der Waals surface area contributed by atoms with E-state index < -0.39 is 10.0 Å². The number of primary sulfonamides is 1. The van der Waals surface area contributed by atoms with Crippen molar-refractivity contribution in [3.63, 3.8) is 0 Å². The summed E-state index contributed by atoms with van der Waals surface area (Å²) in [5.74, 6) is 0.523. The summed E-state index contributed by atoms with van der Waals surface area (Å²) < 4.78 is 27.7. The van der Waals surface area contributed by atoms with Gasteiger partial charge in [0.1, 0.15) is 10.6 Å². The lowest BCUT2D eigenvalue weighted by atomic mass is 9.83. The fourth-order valence-corrected chi connectivity index (χ4v) is 2.83. The Labute approximate surface area is 118 Å². The zero-order valence-corrected chi connectivity index (χ0v) is 12.1. The SMILES string of the molecule is COc1cc(NC(=O)CC2CCC2)ccc1S(N)(=O)=O. The first-order valence-corrected chi connectivity index (χ1v) is 7.95. The van der Waals surface area contributed by atoms with Crippen LogP contribution in [-0.4, -0.2) is 21.4 Å². The standard InChI is InChI=1S/C13H18N2O4S/c1-19-11-8-10(5-6-12(11)20(14,17)18)15-13(16)7-9-3-2-4-9/h5-6,8-9H,2-4,7H2,1H3,(H,15,16)(H2,14,17,18). The molecule has 2 rings (SSSR count). The number of methoxy groups -OCH3 is 1. The van der Waals surface area contributed by atoms with Gasteiger partial charge in [0.05, 0.1) is 7.11 Å². The number of sulfonamides is 1. The zero-order chi connectivity index (χ0) is 14.8. The van der Waals surface area contributed by atoms with Gasteiger partial charge in [-0.2, -0.15) is 0 Å². The van der Waals surface area contributed by atoms with Gasteiger partial charge in [0.2, 0.25) is 15.9 Å². The Bertz CT molecular complexity index is 609. The molecule has 1 saturated carbocycles. The second-order valence-corrected chi connectivity index (χ2v) is 6.49. The summed E-state index contributed by atoms with van der Waals surface area (Å²) >= 11 is 0. The van der Waals surface area contributed by atoms with Crippen molar-refractivity contribution in [2.45, 2.75) is 30.6 Å². The van der Waals surface area contributed by atoms with Crippen LogP contribution in [0.2, 0.25) is 0 Å². The summed E-state index contributed by atoms with van der Waals surface area (Å²) in [5, 5.41) is 7.82. The van der Waals surface area contributed by atoms with Crippen LogP contribution in [0, 0.1) is 5.92 Å². The van der Waals surface area contributed by atoms with Crippen molar-refractivity contribution < 1.29 is 17.9 Å². The van der Waals surface area contributed by atoms with Gasteiger partial charge in [0.25, 0.3) is 0 Å². The first kappa shape index (κ1) is 14.8. The lowest BCUT2D eigenvalue weighted by molar-refractivity contribution is -0.117. The summed E-state index contributed by atoms with van der Waals surface area (Å²) in [6.45, 7) is 0. The quantitative estimate of drug-likeness (QED) is 0.860. The van der Waals surface area contributed by atoms with Gasteiger partial charge < -0.3 is 10.1 Å². The van der Waals surface area contributed by atoms with Gasteiger partial charge in [-0.3, -0.25) is 4.79 Å². The smallest absolute Gasteiger partial charge is 0.241 e. The van der Waals surface area contributed by atoms with Crippen molar-refractivity contribution in [2.75, 3.05) is 12.4 Å². The molecule has 0 atom stereocenters. The van der Waals surface area contributed by atoms with Crippen molar-refractivity contribution in [1.29, 1.82) is 0 Å². The number of nitrogens with one attached hydrogen (secondary N) is 1.